The second-order valence-corrected chi connectivity index (χ2v) is 8.60. The molecule has 0 N–H and O–H groups in total. The van der Waals surface area contributed by atoms with Gasteiger partial charge in [0.2, 0.25) is 0 Å². The van der Waals surface area contributed by atoms with E-state index < -0.39 is 0 Å². The largest absolute Gasteiger partial charge is 0.494 e. The lowest BCUT2D eigenvalue weighted by Gasteiger charge is -2.22. The third-order valence-electron chi connectivity index (χ3n) is 4.50. The van der Waals surface area contributed by atoms with Crippen molar-refractivity contribution >= 4 is 56.8 Å². The van der Waals surface area contributed by atoms with Crippen molar-refractivity contribution in [2.45, 2.75) is 11.8 Å². The van der Waals surface area contributed by atoms with E-state index in [4.69, 9.17) is 9.72 Å². The maximum absolute atomic E-state index is 13.3. The van der Waals surface area contributed by atoms with Crippen molar-refractivity contribution in [3.05, 3.63) is 47.5 Å². The Bertz CT molecular complexity index is 974. The van der Waals surface area contributed by atoms with Crippen LogP contribution in [0.25, 0.3) is 10.2 Å². The van der Waals surface area contributed by atoms with Gasteiger partial charge in [0, 0.05) is 23.5 Å². The highest BCUT2D eigenvalue weighted by atomic mass is 35.5. The topological polar surface area (TPSA) is 45.7 Å². The zero-order valence-electron chi connectivity index (χ0n) is 17.3. The van der Waals surface area contributed by atoms with Crippen LogP contribution in [-0.2, 0) is 0 Å². The van der Waals surface area contributed by atoms with Crippen LogP contribution >= 0.6 is 35.5 Å². The van der Waals surface area contributed by atoms with E-state index >= 15 is 0 Å². The number of thiazole rings is 1. The number of amides is 1. The number of anilines is 1. The lowest BCUT2D eigenvalue weighted by Crippen LogP contribution is -2.36. The van der Waals surface area contributed by atoms with Crippen molar-refractivity contribution in [1.29, 1.82) is 0 Å². The van der Waals surface area contributed by atoms with Gasteiger partial charge in [-0.2, -0.15) is 0 Å². The predicted molar refractivity (Wildman–Crippen MR) is 127 cm³/mol. The summed E-state index contributed by atoms with van der Waals surface area (Å²) in [5, 5.41) is 0.698. The molecule has 0 aliphatic rings. The first-order valence-electron chi connectivity index (χ1n) is 8.99. The van der Waals surface area contributed by atoms with Gasteiger partial charge in [0.1, 0.15) is 11.3 Å². The van der Waals surface area contributed by atoms with Crippen molar-refractivity contribution < 1.29 is 9.53 Å². The summed E-state index contributed by atoms with van der Waals surface area (Å²) >= 11 is 3.20. The highest BCUT2D eigenvalue weighted by Crippen LogP contribution is 2.36. The summed E-state index contributed by atoms with van der Waals surface area (Å²) in [5.74, 6) is 0.692. The third kappa shape index (κ3) is 5.22. The maximum Gasteiger partial charge on any atom is 0.260 e. The molecule has 3 rings (SSSR count). The minimum atomic E-state index is -0.0369. The van der Waals surface area contributed by atoms with Crippen LogP contribution in [0.2, 0.25) is 0 Å². The maximum atomic E-state index is 13.3. The molecule has 1 amide bonds. The summed E-state index contributed by atoms with van der Waals surface area (Å²) in [6.45, 7) is 3.37. The average Bonchev–Trinajstić information content (AvgIpc) is 3.14. The summed E-state index contributed by atoms with van der Waals surface area (Å²) in [4.78, 5) is 23.1. The molecule has 0 saturated heterocycles. The number of nitrogens with zero attached hydrogens (tertiary/aromatic N) is 3. The fourth-order valence-electron chi connectivity index (χ4n) is 2.85. The number of aromatic nitrogens is 1. The molecule has 1 aromatic heterocycles. The van der Waals surface area contributed by atoms with E-state index in [1.54, 1.807) is 23.8 Å². The number of ether oxygens (including phenoxy) is 1. The fraction of sp³-hybridized carbons (Fsp3) is 0.333. The van der Waals surface area contributed by atoms with E-state index in [9.17, 15) is 4.79 Å². The molecule has 0 aliphatic carbocycles. The molecular formula is C21H26ClN3O2S2. The number of carbonyl (C=O) groups is 1. The van der Waals surface area contributed by atoms with Crippen LogP contribution in [0.15, 0.2) is 41.3 Å². The molecule has 29 heavy (non-hydrogen) atoms. The van der Waals surface area contributed by atoms with Crippen molar-refractivity contribution in [2.75, 3.05) is 45.5 Å². The number of halogens is 1. The summed E-state index contributed by atoms with van der Waals surface area (Å²) < 4.78 is 6.53. The standard InChI is InChI=1S/C21H25N3O2S2.ClH/c1-14-6-11-17(26-4)18-19(14)28-21(22-18)24(13-12-23(2)3)20(25)15-7-9-16(27-5)10-8-15;/h6-11H,12-13H2,1-5H3;1H. The van der Waals surface area contributed by atoms with E-state index in [1.165, 1.54) is 11.3 Å². The van der Waals surface area contributed by atoms with E-state index in [2.05, 4.69) is 11.8 Å². The molecular weight excluding hydrogens is 426 g/mol. The molecule has 156 valence electrons. The molecule has 8 heteroatoms. The molecule has 0 radical (unpaired) electrons. The number of carbonyl (C=O) groups excluding carboxylic acids is 1. The lowest BCUT2D eigenvalue weighted by atomic mass is 10.2. The summed E-state index contributed by atoms with van der Waals surface area (Å²) in [6.07, 6.45) is 2.02. The number of aryl methyl sites for hydroxylation is 1. The zero-order chi connectivity index (χ0) is 20.3. The van der Waals surface area contributed by atoms with Gasteiger partial charge in [0.05, 0.1) is 11.8 Å². The Kier molecular flexibility index (Phi) is 8.34. The lowest BCUT2D eigenvalue weighted by molar-refractivity contribution is 0.0985. The molecule has 2 aromatic carbocycles. The minimum absolute atomic E-state index is 0. The molecule has 0 atom stereocenters. The summed E-state index contributed by atoms with van der Waals surface area (Å²) in [5.41, 5.74) is 2.60. The normalized spacial score (nSPS) is 10.8. The monoisotopic (exact) mass is 451 g/mol. The predicted octanol–water partition coefficient (Wildman–Crippen LogP) is 4.97. The number of fused-ring (bicyclic) bond motifs is 1. The first-order valence-corrected chi connectivity index (χ1v) is 11.0. The van der Waals surface area contributed by atoms with E-state index in [-0.39, 0.29) is 18.3 Å². The fourth-order valence-corrected chi connectivity index (χ4v) is 4.34. The zero-order valence-corrected chi connectivity index (χ0v) is 19.7. The highest BCUT2D eigenvalue weighted by Gasteiger charge is 2.23. The Labute approximate surface area is 186 Å². The number of likely N-dealkylation sites (N-methyl/N-ethyl adjacent to an activating group) is 1. The molecule has 1 heterocycles. The first-order chi connectivity index (χ1) is 13.4. The molecule has 0 saturated carbocycles. The van der Waals surface area contributed by atoms with Gasteiger partial charge in [0.15, 0.2) is 5.13 Å². The molecule has 5 nitrogen and oxygen atoms in total. The molecule has 0 aliphatic heterocycles. The number of methoxy groups -OCH3 is 1. The summed E-state index contributed by atoms with van der Waals surface area (Å²) in [7, 11) is 5.65. The Morgan fingerprint density at radius 1 is 1.14 bits per heavy atom. The Morgan fingerprint density at radius 2 is 1.83 bits per heavy atom. The van der Waals surface area contributed by atoms with Crippen molar-refractivity contribution in [3.63, 3.8) is 0 Å². The van der Waals surface area contributed by atoms with Crippen molar-refractivity contribution in [1.82, 2.24) is 9.88 Å². The molecule has 0 bridgehead atoms. The second kappa shape index (κ2) is 10.3. The number of rotatable bonds is 7. The van der Waals surface area contributed by atoms with Crippen LogP contribution in [0.1, 0.15) is 15.9 Å². The minimum Gasteiger partial charge on any atom is -0.494 e. The van der Waals surface area contributed by atoms with Gasteiger partial charge < -0.3 is 9.64 Å². The van der Waals surface area contributed by atoms with Crippen molar-refractivity contribution in [3.8, 4) is 5.75 Å². The van der Waals surface area contributed by atoms with Gasteiger partial charge in [-0.1, -0.05) is 17.4 Å². The third-order valence-corrected chi connectivity index (χ3v) is 6.45. The van der Waals surface area contributed by atoms with Gasteiger partial charge in [-0.15, -0.1) is 24.2 Å². The molecule has 0 spiro atoms. The second-order valence-electron chi connectivity index (χ2n) is 6.75. The molecule has 3 aromatic rings. The first kappa shape index (κ1) is 23.5. The number of hydrogen-bond acceptors (Lipinski definition) is 6. The SMILES string of the molecule is COc1ccc(C)c2sc(N(CCN(C)C)C(=O)c3ccc(SC)cc3)nc12.Cl. The number of hydrogen-bond donors (Lipinski definition) is 0. The van der Waals surface area contributed by atoms with Crippen LogP contribution in [0.3, 0.4) is 0 Å². The van der Waals surface area contributed by atoms with E-state index in [0.29, 0.717) is 17.2 Å². The van der Waals surface area contributed by atoms with Gasteiger partial charge in [0.25, 0.3) is 5.91 Å². The smallest absolute Gasteiger partial charge is 0.260 e. The molecule has 0 unspecified atom stereocenters. The quantitative estimate of drug-likeness (QED) is 0.475. The Hall–Kier alpha value is -1.80. The number of thioether (sulfide) groups is 1. The Morgan fingerprint density at radius 3 is 2.41 bits per heavy atom. The average molecular weight is 452 g/mol. The van der Waals surface area contributed by atoms with E-state index in [1.807, 2.05) is 56.7 Å². The van der Waals surface area contributed by atoms with Crippen LogP contribution in [-0.4, -0.2) is 56.3 Å². The van der Waals surface area contributed by atoms with E-state index in [0.717, 1.165) is 33.0 Å². The molecule has 0 fully saturated rings. The van der Waals surface area contributed by atoms with Gasteiger partial charge in [-0.25, -0.2) is 4.98 Å². The van der Waals surface area contributed by atoms with Gasteiger partial charge >= 0.3 is 0 Å². The number of benzene rings is 2. The van der Waals surface area contributed by atoms with Crippen LogP contribution in [0.4, 0.5) is 5.13 Å². The van der Waals surface area contributed by atoms with Crippen LogP contribution in [0, 0.1) is 6.92 Å². The Balaban J connectivity index is 0.00000300. The van der Waals surface area contributed by atoms with Crippen LogP contribution < -0.4 is 9.64 Å². The van der Waals surface area contributed by atoms with Gasteiger partial charge in [-0.3, -0.25) is 9.69 Å². The van der Waals surface area contributed by atoms with Gasteiger partial charge in [-0.05, 0) is 63.2 Å². The van der Waals surface area contributed by atoms with Crippen molar-refractivity contribution in [2.24, 2.45) is 0 Å². The van der Waals surface area contributed by atoms with Crippen LogP contribution in [0.5, 0.6) is 5.75 Å². The summed E-state index contributed by atoms with van der Waals surface area (Å²) in [6, 6.07) is 11.7. The highest BCUT2D eigenvalue weighted by molar-refractivity contribution is 7.98.